The third kappa shape index (κ3) is 3.80. The van der Waals surface area contributed by atoms with Crippen molar-refractivity contribution in [1.29, 1.82) is 0 Å². The number of amides is 1. The van der Waals surface area contributed by atoms with E-state index in [4.69, 9.17) is 4.98 Å². The van der Waals surface area contributed by atoms with Crippen LogP contribution in [0.1, 0.15) is 35.9 Å². The molecular formula is C24H23N7OS. The van der Waals surface area contributed by atoms with E-state index in [-0.39, 0.29) is 11.9 Å². The molecule has 0 fully saturated rings. The van der Waals surface area contributed by atoms with Crippen molar-refractivity contribution in [1.82, 2.24) is 29.3 Å². The first kappa shape index (κ1) is 21.0. The molecule has 0 saturated carbocycles. The van der Waals surface area contributed by atoms with Gasteiger partial charge in [0.2, 0.25) is 0 Å². The first-order valence-corrected chi connectivity index (χ1v) is 11.4. The standard InChI is InChI=1S/C24H23N7OS/c1-14(2)31-21-17(13-26-31)12-18(15(3)27-21)23(32)29-24-28-19(16-8-6-5-7-9-16)20(33-24)22-25-10-11-30(22)4/h5-14H,1-4H3,(H,28,29,32). The number of carbonyl (C=O) groups is 1. The van der Waals surface area contributed by atoms with Gasteiger partial charge in [-0.05, 0) is 26.8 Å². The van der Waals surface area contributed by atoms with E-state index in [2.05, 4.69) is 34.2 Å². The highest BCUT2D eigenvalue weighted by Crippen LogP contribution is 2.38. The maximum atomic E-state index is 13.2. The summed E-state index contributed by atoms with van der Waals surface area (Å²) in [6, 6.07) is 11.9. The summed E-state index contributed by atoms with van der Waals surface area (Å²) < 4.78 is 3.80. The van der Waals surface area contributed by atoms with Crippen LogP contribution in [0.25, 0.3) is 33.0 Å². The van der Waals surface area contributed by atoms with Gasteiger partial charge in [-0.1, -0.05) is 41.7 Å². The maximum Gasteiger partial charge on any atom is 0.259 e. The molecule has 33 heavy (non-hydrogen) atoms. The zero-order valence-electron chi connectivity index (χ0n) is 18.8. The summed E-state index contributed by atoms with van der Waals surface area (Å²) in [6.45, 7) is 5.94. The van der Waals surface area contributed by atoms with Crippen LogP contribution >= 0.6 is 11.3 Å². The summed E-state index contributed by atoms with van der Waals surface area (Å²) in [5, 5.41) is 8.72. The van der Waals surface area contributed by atoms with Gasteiger partial charge in [0.1, 0.15) is 0 Å². The number of nitrogens with zero attached hydrogens (tertiary/aromatic N) is 6. The van der Waals surface area contributed by atoms with E-state index >= 15 is 0 Å². The summed E-state index contributed by atoms with van der Waals surface area (Å²) in [6.07, 6.45) is 5.39. The topological polar surface area (TPSA) is 90.5 Å². The van der Waals surface area contributed by atoms with Crippen molar-refractivity contribution in [2.75, 3.05) is 5.32 Å². The van der Waals surface area contributed by atoms with Gasteiger partial charge in [-0.2, -0.15) is 5.10 Å². The van der Waals surface area contributed by atoms with Gasteiger partial charge >= 0.3 is 0 Å². The highest BCUT2D eigenvalue weighted by atomic mass is 32.1. The number of rotatable bonds is 5. The molecule has 166 valence electrons. The Labute approximate surface area is 195 Å². The SMILES string of the molecule is Cc1nc2c(cnn2C(C)C)cc1C(=O)Nc1nc(-c2ccccc2)c(-c2nccn2C)s1. The van der Waals surface area contributed by atoms with Gasteiger partial charge in [-0.25, -0.2) is 19.6 Å². The minimum atomic E-state index is -0.251. The summed E-state index contributed by atoms with van der Waals surface area (Å²) in [4.78, 5) is 28.0. The van der Waals surface area contributed by atoms with Gasteiger partial charge in [-0.15, -0.1) is 0 Å². The Morgan fingerprint density at radius 2 is 1.94 bits per heavy atom. The van der Waals surface area contributed by atoms with Crippen molar-refractivity contribution >= 4 is 33.4 Å². The van der Waals surface area contributed by atoms with Crippen LogP contribution < -0.4 is 5.32 Å². The second-order valence-corrected chi connectivity index (χ2v) is 9.09. The van der Waals surface area contributed by atoms with Gasteiger partial charge in [0.05, 0.1) is 28.0 Å². The number of thiazole rings is 1. The second kappa shape index (κ2) is 8.25. The smallest absolute Gasteiger partial charge is 0.259 e. The van der Waals surface area contributed by atoms with Gasteiger partial charge < -0.3 is 4.57 Å². The normalized spacial score (nSPS) is 11.4. The van der Waals surface area contributed by atoms with E-state index in [0.29, 0.717) is 16.4 Å². The molecule has 4 aromatic heterocycles. The molecule has 0 atom stereocenters. The summed E-state index contributed by atoms with van der Waals surface area (Å²) in [7, 11) is 1.94. The summed E-state index contributed by atoms with van der Waals surface area (Å²) in [5.74, 6) is 0.547. The van der Waals surface area contributed by atoms with Gasteiger partial charge in [0, 0.05) is 36.4 Å². The molecule has 5 aromatic rings. The van der Waals surface area contributed by atoms with Crippen LogP contribution in [0.2, 0.25) is 0 Å². The molecule has 1 amide bonds. The highest BCUT2D eigenvalue weighted by Gasteiger charge is 2.21. The first-order valence-electron chi connectivity index (χ1n) is 10.6. The number of aromatic nitrogens is 6. The zero-order valence-corrected chi connectivity index (χ0v) is 19.6. The molecule has 0 aliphatic rings. The summed E-state index contributed by atoms with van der Waals surface area (Å²) >= 11 is 1.40. The second-order valence-electron chi connectivity index (χ2n) is 8.10. The lowest BCUT2D eigenvalue weighted by Crippen LogP contribution is -2.14. The van der Waals surface area contributed by atoms with Crippen LogP contribution in [0.4, 0.5) is 5.13 Å². The summed E-state index contributed by atoms with van der Waals surface area (Å²) in [5.41, 5.74) is 3.67. The minimum absolute atomic E-state index is 0.186. The molecule has 0 radical (unpaired) electrons. The quantitative estimate of drug-likeness (QED) is 0.397. The van der Waals surface area contributed by atoms with Crippen molar-refractivity contribution in [3.63, 3.8) is 0 Å². The molecule has 5 rings (SSSR count). The molecule has 0 aliphatic heterocycles. The molecule has 1 N–H and O–H groups in total. The number of aryl methyl sites for hydroxylation is 2. The number of imidazole rings is 1. The number of nitrogens with one attached hydrogen (secondary N) is 1. The van der Waals surface area contributed by atoms with E-state index in [1.54, 1.807) is 12.4 Å². The van der Waals surface area contributed by atoms with E-state index in [0.717, 1.165) is 33.0 Å². The Hall–Kier alpha value is -3.85. The monoisotopic (exact) mass is 457 g/mol. The van der Waals surface area contributed by atoms with Crippen LogP contribution in [0.15, 0.2) is 55.0 Å². The maximum absolute atomic E-state index is 13.2. The molecule has 0 spiro atoms. The molecule has 0 bridgehead atoms. The predicted molar refractivity (Wildman–Crippen MR) is 130 cm³/mol. The fourth-order valence-electron chi connectivity index (χ4n) is 3.74. The lowest BCUT2D eigenvalue weighted by molar-refractivity contribution is 0.102. The fourth-order valence-corrected chi connectivity index (χ4v) is 4.76. The Balaban J connectivity index is 1.52. The average molecular weight is 458 g/mol. The lowest BCUT2D eigenvalue weighted by Gasteiger charge is -2.09. The van der Waals surface area contributed by atoms with Crippen molar-refractivity contribution in [2.24, 2.45) is 7.05 Å². The highest BCUT2D eigenvalue weighted by molar-refractivity contribution is 7.19. The molecule has 0 saturated heterocycles. The van der Waals surface area contributed by atoms with Gasteiger partial charge in [0.15, 0.2) is 16.6 Å². The lowest BCUT2D eigenvalue weighted by atomic mass is 10.1. The van der Waals surface area contributed by atoms with Crippen molar-refractivity contribution in [3.05, 3.63) is 66.2 Å². The number of fused-ring (bicyclic) bond motifs is 1. The van der Waals surface area contributed by atoms with Crippen LogP contribution in [0.5, 0.6) is 0 Å². The number of anilines is 1. The predicted octanol–water partition coefficient (Wildman–Crippen LogP) is 5.10. The number of carbonyl (C=O) groups excluding carboxylic acids is 1. The molecular weight excluding hydrogens is 434 g/mol. The third-order valence-electron chi connectivity index (χ3n) is 5.41. The Morgan fingerprint density at radius 3 is 2.64 bits per heavy atom. The molecule has 0 aliphatic carbocycles. The van der Waals surface area contributed by atoms with Crippen LogP contribution in [-0.4, -0.2) is 35.2 Å². The Kier molecular flexibility index (Phi) is 5.26. The van der Waals surface area contributed by atoms with E-state index in [1.165, 1.54) is 11.3 Å². The average Bonchev–Trinajstić information content (AvgIpc) is 3.51. The largest absolute Gasteiger partial charge is 0.333 e. The Bertz CT molecular complexity index is 1460. The molecule has 4 heterocycles. The van der Waals surface area contributed by atoms with E-state index in [9.17, 15) is 4.79 Å². The minimum Gasteiger partial charge on any atom is -0.333 e. The number of pyridine rings is 1. The van der Waals surface area contributed by atoms with Crippen molar-refractivity contribution in [2.45, 2.75) is 26.8 Å². The number of hydrogen-bond donors (Lipinski definition) is 1. The van der Waals surface area contributed by atoms with Crippen molar-refractivity contribution in [3.8, 4) is 22.0 Å². The zero-order chi connectivity index (χ0) is 23.1. The Morgan fingerprint density at radius 1 is 1.15 bits per heavy atom. The number of benzene rings is 1. The van der Waals surface area contributed by atoms with E-state index in [1.807, 2.05) is 65.8 Å². The first-order chi connectivity index (χ1) is 15.9. The van der Waals surface area contributed by atoms with Crippen LogP contribution in [0.3, 0.4) is 0 Å². The van der Waals surface area contributed by atoms with Gasteiger partial charge in [-0.3, -0.25) is 10.1 Å². The van der Waals surface area contributed by atoms with Crippen LogP contribution in [-0.2, 0) is 7.05 Å². The van der Waals surface area contributed by atoms with E-state index < -0.39 is 0 Å². The molecule has 0 unspecified atom stereocenters. The number of hydrogen-bond acceptors (Lipinski definition) is 6. The van der Waals surface area contributed by atoms with Gasteiger partial charge in [0.25, 0.3) is 5.91 Å². The molecule has 9 heteroatoms. The molecule has 1 aromatic carbocycles. The van der Waals surface area contributed by atoms with Crippen LogP contribution in [0, 0.1) is 6.92 Å². The fraction of sp³-hybridized carbons (Fsp3) is 0.208. The molecule has 8 nitrogen and oxygen atoms in total. The van der Waals surface area contributed by atoms with Crippen molar-refractivity contribution < 1.29 is 4.79 Å². The third-order valence-corrected chi connectivity index (χ3v) is 6.38.